The van der Waals surface area contributed by atoms with Gasteiger partial charge in [-0.05, 0) is 18.2 Å². The third kappa shape index (κ3) is 2.22. The second-order valence-corrected chi connectivity index (χ2v) is 6.40. The number of benzene rings is 1. The standard InChI is InChI=1S/C14H10ClN7OS/c15-8-3-6(16)1-2-7(8)9-4-18-5-22(9)13-10-12(20-21-13)19-14(24-10)11(17)23/h1-5H,16H2,(H2,17,23)(H,20,21). The Morgan fingerprint density at radius 2 is 2.21 bits per heavy atom. The van der Waals surface area contributed by atoms with E-state index in [9.17, 15) is 4.79 Å². The molecule has 0 aliphatic heterocycles. The van der Waals surface area contributed by atoms with Gasteiger partial charge in [0.05, 0.1) is 16.9 Å². The summed E-state index contributed by atoms with van der Waals surface area (Å²) in [7, 11) is 0. The number of anilines is 1. The second kappa shape index (κ2) is 5.32. The fraction of sp³-hybridized carbons (Fsp3) is 0. The Bertz CT molecular complexity index is 1080. The van der Waals surface area contributed by atoms with Crippen molar-refractivity contribution in [1.29, 1.82) is 0 Å². The average Bonchev–Trinajstić information content (AvgIpc) is 3.20. The molecule has 0 spiro atoms. The molecule has 4 aromatic rings. The molecule has 1 aromatic carbocycles. The van der Waals surface area contributed by atoms with Crippen molar-refractivity contribution in [3.8, 4) is 17.1 Å². The number of amides is 1. The minimum atomic E-state index is -0.581. The Morgan fingerprint density at radius 1 is 1.38 bits per heavy atom. The molecule has 24 heavy (non-hydrogen) atoms. The highest BCUT2D eigenvalue weighted by Gasteiger charge is 2.19. The van der Waals surface area contributed by atoms with E-state index in [4.69, 9.17) is 23.1 Å². The van der Waals surface area contributed by atoms with Crippen molar-refractivity contribution < 1.29 is 4.79 Å². The third-order valence-corrected chi connectivity index (χ3v) is 4.82. The summed E-state index contributed by atoms with van der Waals surface area (Å²) in [5, 5.41) is 7.77. The number of carbonyl (C=O) groups excluding carboxylic acids is 1. The zero-order valence-corrected chi connectivity index (χ0v) is 13.6. The lowest BCUT2D eigenvalue weighted by Crippen LogP contribution is -2.10. The average molecular weight is 360 g/mol. The zero-order chi connectivity index (χ0) is 16.8. The highest BCUT2D eigenvalue weighted by molar-refractivity contribution is 7.20. The molecule has 0 unspecified atom stereocenters. The lowest BCUT2D eigenvalue weighted by atomic mass is 10.1. The zero-order valence-electron chi connectivity index (χ0n) is 12.0. The molecule has 5 N–H and O–H groups in total. The topological polar surface area (TPSA) is 128 Å². The van der Waals surface area contributed by atoms with Gasteiger partial charge in [-0.2, -0.15) is 5.10 Å². The minimum absolute atomic E-state index is 0.215. The number of halogens is 1. The second-order valence-electron chi connectivity index (χ2n) is 5.00. The van der Waals surface area contributed by atoms with Crippen LogP contribution in [0.2, 0.25) is 5.02 Å². The summed E-state index contributed by atoms with van der Waals surface area (Å²) < 4.78 is 2.47. The molecule has 8 nitrogen and oxygen atoms in total. The number of rotatable bonds is 3. The monoisotopic (exact) mass is 359 g/mol. The first-order valence-electron chi connectivity index (χ1n) is 6.77. The Labute approximate surface area is 144 Å². The smallest absolute Gasteiger partial charge is 0.277 e. The number of nitrogens with zero attached hydrogens (tertiary/aromatic N) is 4. The van der Waals surface area contributed by atoms with Gasteiger partial charge < -0.3 is 11.5 Å². The van der Waals surface area contributed by atoms with Crippen molar-refractivity contribution in [2.24, 2.45) is 5.73 Å². The van der Waals surface area contributed by atoms with E-state index in [-0.39, 0.29) is 5.01 Å². The first-order valence-corrected chi connectivity index (χ1v) is 7.97. The Balaban J connectivity index is 1.90. The van der Waals surface area contributed by atoms with Crippen LogP contribution in [0.15, 0.2) is 30.7 Å². The summed E-state index contributed by atoms with van der Waals surface area (Å²) in [4.78, 5) is 19.6. The van der Waals surface area contributed by atoms with Gasteiger partial charge in [0.1, 0.15) is 11.0 Å². The molecule has 120 valence electrons. The van der Waals surface area contributed by atoms with Crippen LogP contribution in [0, 0.1) is 0 Å². The van der Waals surface area contributed by atoms with Crippen LogP contribution in [0.4, 0.5) is 5.69 Å². The number of thiazole rings is 1. The molecule has 0 bridgehead atoms. The molecule has 0 fully saturated rings. The van der Waals surface area contributed by atoms with Crippen molar-refractivity contribution in [2.45, 2.75) is 0 Å². The van der Waals surface area contributed by atoms with E-state index >= 15 is 0 Å². The number of aromatic nitrogens is 5. The number of hydrogen-bond acceptors (Lipinski definition) is 6. The SMILES string of the molecule is NC(=O)c1nc2[nH]nc(-n3cncc3-c3ccc(N)cc3Cl)c2s1. The molecule has 0 atom stereocenters. The molecule has 0 aliphatic rings. The van der Waals surface area contributed by atoms with Crippen molar-refractivity contribution >= 4 is 44.9 Å². The van der Waals surface area contributed by atoms with E-state index in [1.165, 1.54) is 11.3 Å². The molecule has 1 amide bonds. The molecule has 4 rings (SSSR count). The molecule has 3 aromatic heterocycles. The maximum Gasteiger partial charge on any atom is 0.277 e. The van der Waals surface area contributed by atoms with Gasteiger partial charge in [0.25, 0.3) is 5.91 Å². The van der Waals surface area contributed by atoms with Gasteiger partial charge in [-0.3, -0.25) is 14.5 Å². The normalized spacial score (nSPS) is 11.2. The van der Waals surface area contributed by atoms with E-state index in [1.807, 2.05) is 6.07 Å². The number of hydrogen-bond donors (Lipinski definition) is 3. The summed E-state index contributed by atoms with van der Waals surface area (Å²) in [6.45, 7) is 0. The number of aromatic amines is 1. The summed E-state index contributed by atoms with van der Waals surface area (Å²) >= 11 is 7.46. The number of imidazole rings is 1. The molecule has 0 aliphatic carbocycles. The van der Waals surface area contributed by atoms with E-state index in [1.54, 1.807) is 29.2 Å². The number of fused-ring (bicyclic) bond motifs is 1. The Kier molecular flexibility index (Phi) is 3.25. The van der Waals surface area contributed by atoms with Gasteiger partial charge in [0.2, 0.25) is 0 Å². The van der Waals surface area contributed by atoms with Gasteiger partial charge in [-0.25, -0.2) is 9.97 Å². The maximum atomic E-state index is 11.3. The summed E-state index contributed by atoms with van der Waals surface area (Å²) in [6.07, 6.45) is 3.29. The number of H-pyrrole nitrogens is 1. The summed E-state index contributed by atoms with van der Waals surface area (Å²) in [6, 6.07) is 5.25. The minimum Gasteiger partial charge on any atom is -0.399 e. The first kappa shape index (κ1) is 14.7. The predicted octanol–water partition coefficient (Wildman–Crippen LogP) is 2.21. The molecular weight excluding hydrogens is 350 g/mol. The van der Waals surface area contributed by atoms with Crippen LogP contribution >= 0.6 is 22.9 Å². The summed E-state index contributed by atoms with van der Waals surface area (Å²) in [5.74, 6) is -0.0154. The van der Waals surface area contributed by atoms with Gasteiger partial charge in [0.15, 0.2) is 16.5 Å². The lowest BCUT2D eigenvalue weighted by Gasteiger charge is -2.07. The van der Waals surface area contributed by atoms with Crippen LogP contribution in [0.25, 0.3) is 27.4 Å². The number of primary amides is 1. The van der Waals surface area contributed by atoms with Crippen LogP contribution in [-0.2, 0) is 0 Å². The molecule has 0 radical (unpaired) electrons. The van der Waals surface area contributed by atoms with Crippen LogP contribution in [0.1, 0.15) is 9.80 Å². The van der Waals surface area contributed by atoms with E-state index in [0.29, 0.717) is 26.9 Å². The van der Waals surface area contributed by atoms with E-state index in [0.717, 1.165) is 11.3 Å². The Morgan fingerprint density at radius 3 is 2.96 bits per heavy atom. The molecular formula is C14H10ClN7OS. The van der Waals surface area contributed by atoms with E-state index < -0.39 is 5.91 Å². The van der Waals surface area contributed by atoms with Gasteiger partial charge >= 0.3 is 0 Å². The lowest BCUT2D eigenvalue weighted by molar-refractivity contribution is 0.1000. The van der Waals surface area contributed by atoms with Gasteiger partial charge in [-0.15, -0.1) is 11.3 Å². The number of nitrogens with one attached hydrogen (secondary N) is 1. The van der Waals surface area contributed by atoms with Crippen molar-refractivity contribution in [1.82, 2.24) is 24.7 Å². The van der Waals surface area contributed by atoms with E-state index in [2.05, 4.69) is 20.2 Å². The van der Waals surface area contributed by atoms with Crippen molar-refractivity contribution in [3.05, 3.63) is 40.8 Å². The van der Waals surface area contributed by atoms with Gasteiger partial charge in [0, 0.05) is 11.3 Å². The number of nitrogen functional groups attached to an aromatic ring is 1. The predicted molar refractivity (Wildman–Crippen MR) is 92.3 cm³/mol. The molecule has 0 saturated heterocycles. The maximum absolute atomic E-state index is 11.3. The quantitative estimate of drug-likeness (QED) is 0.483. The molecule has 10 heteroatoms. The van der Waals surface area contributed by atoms with Crippen LogP contribution < -0.4 is 11.5 Å². The van der Waals surface area contributed by atoms with Crippen LogP contribution in [0.5, 0.6) is 0 Å². The van der Waals surface area contributed by atoms with Gasteiger partial charge in [-0.1, -0.05) is 11.6 Å². The van der Waals surface area contributed by atoms with Crippen molar-refractivity contribution in [2.75, 3.05) is 5.73 Å². The van der Waals surface area contributed by atoms with Crippen molar-refractivity contribution in [3.63, 3.8) is 0 Å². The largest absolute Gasteiger partial charge is 0.399 e. The fourth-order valence-corrected chi connectivity index (χ4v) is 3.51. The number of nitrogens with two attached hydrogens (primary N) is 2. The molecule has 0 saturated carbocycles. The molecule has 3 heterocycles. The van der Waals surface area contributed by atoms with Crippen LogP contribution in [-0.4, -0.2) is 30.6 Å². The Hall–Kier alpha value is -2.91. The number of carbonyl (C=O) groups is 1. The highest BCUT2D eigenvalue weighted by Crippen LogP contribution is 2.33. The first-order chi connectivity index (χ1) is 11.5. The fourth-order valence-electron chi connectivity index (χ4n) is 2.37. The summed E-state index contributed by atoms with van der Waals surface area (Å²) in [5.41, 5.74) is 13.6. The highest BCUT2D eigenvalue weighted by atomic mass is 35.5. The van der Waals surface area contributed by atoms with Crippen LogP contribution in [0.3, 0.4) is 0 Å². The third-order valence-electron chi connectivity index (χ3n) is 3.44.